The standard InChI is InChI=1S/C72H72O18/c1-75-55-35-53-36-56(76-2)61(55)89-71-67(83-43-51-31-19-9-20-32-51)65(81-41-49-27-15-7-16-28-49)63(79-39-47-23-11-5-12-24-47)59(87-71)46-86-70(74)54-37-57(77-3)62(58(38-54)78-4)90-72-68(84-44-52-33-21-10-22-34-52)66(82-42-50-29-17-8-18-30-50)64(60(88-72)45-85-69(53)73)80-40-48-25-13-6-14-26-48/h5-38,59-60,63-68,71-72H,39-46H2,1-4H3/t59-,60-,63-,64-,65+,66+,67-,68-,71+,72+/m1/s1. The zero-order valence-corrected chi connectivity index (χ0v) is 50.4. The second-order valence-corrected chi connectivity index (χ2v) is 21.5. The van der Waals surface area contributed by atoms with Crippen molar-refractivity contribution in [3.05, 3.63) is 251 Å². The highest BCUT2D eigenvalue weighted by Gasteiger charge is 2.53. The number of hydrogen-bond donors (Lipinski definition) is 0. The molecule has 18 heteroatoms. The van der Waals surface area contributed by atoms with Crippen LogP contribution in [0.5, 0.6) is 34.5 Å². The number of benzene rings is 8. The summed E-state index contributed by atoms with van der Waals surface area (Å²) in [6.07, 6.45) is -10.9. The third-order valence-corrected chi connectivity index (χ3v) is 15.5. The molecule has 0 saturated carbocycles. The Morgan fingerprint density at radius 3 is 0.800 bits per heavy atom. The summed E-state index contributed by atoms with van der Waals surface area (Å²) in [5, 5.41) is 0. The van der Waals surface area contributed by atoms with Gasteiger partial charge in [0.2, 0.25) is 24.1 Å². The van der Waals surface area contributed by atoms with Crippen molar-refractivity contribution in [2.75, 3.05) is 41.7 Å². The first kappa shape index (κ1) is 62.8. The Bertz CT molecular complexity index is 3240. The van der Waals surface area contributed by atoms with Crippen LogP contribution in [-0.2, 0) is 87.0 Å². The maximum Gasteiger partial charge on any atom is 0.338 e. The largest absolute Gasteiger partial charge is 0.493 e. The lowest BCUT2D eigenvalue weighted by atomic mass is 9.97. The van der Waals surface area contributed by atoms with Gasteiger partial charge in [-0.3, -0.25) is 0 Å². The van der Waals surface area contributed by atoms with Crippen molar-refractivity contribution < 1.29 is 85.4 Å². The fraction of sp³-hybridized carbons (Fsp3) is 0.306. The van der Waals surface area contributed by atoms with Gasteiger partial charge in [-0.25, -0.2) is 9.59 Å². The van der Waals surface area contributed by atoms with Gasteiger partial charge in [0, 0.05) is 0 Å². The Morgan fingerprint density at radius 2 is 0.556 bits per heavy atom. The lowest BCUT2D eigenvalue weighted by Crippen LogP contribution is -2.62. The Kier molecular flexibility index (Phi) is 21.7. The van der Waals surface area contributed by atoms with Crippen molar-refractivity contribution in [1.29, 1.82) is 0 Å². The summed E-state index contributed by atoms with van der Waals surface area (Å²) in [6, 6.07) is 63.7. The molecule has 2 fully saturated rings. The molecule has 90 heavy (non-hydrogen) atoms. The SMILES string of the molecule is COc1cc2cc(OC)c1O[C@@H]1O[C@H](COC(=O)c3cc(OC)c(c(OC)c3)O[C@@H]3O[C@H](COC2=O)[C@@H](OCc2ccccc2)[C@H](OCc2ccccc2)[C@H]3OCc2ccccc2)[C@@H](OCc2ccccc2)[C@H](OCc2ccccc2)[C@H]1OCc1ccccc1. The van der Waals surface area contributed by atoms with Crippen molar-refractivity contribution >= 4 is 11.9 Å². The molecule has 14 rings (SSSR count). The highest BCUT2D eigenvalue weighted by molar-refractivity contribution is 5.92. The van der Waals surface area contributed by atoms with Gasteiger partial charge >= 0.3 is 11.9 Å². The average Bonchev–Trinajstić information content (AvgIpc) is 0.925. The first-order valence-corrected chi connectivity index (χ1v) is 29.7. The Morgan fingerprint density at radius 1 is 0.322 bits per heavy atom. The number of rotatable bonds is 22. The van der Waals surface area contributed by atoms with E-state index in [2.05, 4.69) is 0 Å². The van der Waals surface area contributed by atoms with Gasteiger partial charge in [0.05, 0.1) is 79.2 Å². The van der Waals surface area contributed by atoms with E-state index in [0.717, 1.165) is 33.4 Å². The van der Waals surface area contributed by atoms with Crippen LogP contribution in [0.4, 0.5) is 0 Å². The molecule has 0 N–H and O–H groups in total. The van der Waals surface area contributed by atoms with Gasteiger partial charge in [-0.05, 0) is 57.6 Å². The Balaban J connectivity index is 1.02. The number of carbonyl (C=O) groups is 2. The molecule has 2 saturated heterocycles. The quantitative estimate of drug-likeness (QED) is 0.0584. The van der Waals surface area contributed by atoms with Crippen LogP contribution in [0.2, 0.25) is 0 Å². The third-order valence-electron chi connectivity index (χ3n) is 15.5. The molecule has 0 aliphatic carbocycles. The monoisotopic (exact) mass is 1220 g/mol. The van der Waals surface area contributed by atoms with Crippen LogP contribution in [0.15, 0.2) is 206 Å². The zero-order valence-electron chi connectivity index (χ0n) is 50.4. The molecule has 0 spiro atoms. The molecule has 8 aromatic carbocycles. The van der Waals surface area contributed by atoms with Gasteiger partial charge in [-0.1, -0.05) is 182 Å². The van der Waals surface area contributed by atoms with E-state index < -0.39 is 86.6 Å². The van der Waals surface area contributed by atoms with Crippen LogP contribution in [0.3, 0.4) is 0 Å². The molecule has 6 heterocycles. The molecule has 10 atom stereocenters. The van der Waals surface area contributed by atoms with Crippen molar-refractivity contribution in [2.24, 2.45) is 0 Å². The van der Waals surface area contributed by atoms with Crippen molar-refractivity contribution in [3.63, 3.8) is 0 Å². The minimum atomic E-state index is -1.35. The van der Waals surface area contributed by atoms with E-state index in [1.807, 2.05) is 182 Å². The molecule has 0 aromatic heterocycles. The number of ether oxygens (including phenoxy) is 16. The summed E-state index contributed by atoms with van der Waals surface area (Å²) in [5.41, 5.74) is 5.22. The molecule has 0 amide bonds. The molecule has 6 aliphatic rings. The molecule has 0 unspecified atom stereocenters. The summed E-state index contributed by atoms with van der Waals surface area (Å²) < 4.78 is 106. The molecule has 6 aliphatic heterocycles. The van der Waals surface area contributed by atoms with Crippen LogP contribution in [0, 0.1) is 0 Å². The minimum Gasteiger partial charge on any atom is -0.493 e. The molecule has 18 nitrogen and oxygen atoms in total. The van der Waals surface area contributed by atoms with Gasteiger partial charge in [0.15, 0.2) is 23.0 Å². The second kappa shape index (κ2) is 31.1. The number of hydrogen-bond acceptors (Lipinski definition) is 18. The Hall–Kier alpha value is -8.82. The molecule has 468 valence electrons. The summed E-state index contributed by atoms with van der Waals surface area (Å²) in [7, 11) is 5.72. The predicted molar refractivity (Wildman–Crippen MR) is 328 cm³/mol. The highest BCUT2D eigenvalue weighted by atomic mass is 16.7. The Labute approximate surface area is 523 Å². The summed E-state index contributed by atoms with van der Waals surface area (Å²) in [6.45, 7) is -0.142. The zero-order chi connectivity index (χ0) is 62.0. The molecular weight excluding hydrogens is 1150 g/mol. The van der Waals surface area contributed by atoms with E-state index >= 15 is 0 Å². The molecule has 8 bridgehead atoms. The van der Waals surface area contributed by atoms with Gasteiger partial charge in [0.1, 0.15) is 62.0 Å². The van der Waals surface area contributed by atoms with E-state index in [4.69, 9.17) is 75.8 Å². The smallest absolute Gasteiger partial charge is 0.338 e. The van der Waals surface area contributed by atoms with E-state index in [1.54, 1.807) is 0 Å². The lowest BCUT2D eigenvalue weighted by Gasteiger charge is -2.45. The van der Waals surface area contributed by atoms with E-state index in [9.17, 15) is 9.59 Å². The number of methoxy groups -OCH3 is 4. The third kappa shape index (κ3) is 15.8. The van der Waals surface area contributed by atoms with Gasteiger partial charge in [-0.15, -0.1) is 0 Å². The van der Waals surface area contributed by atoms with Gasteiger partial charge in [-0.2, -0.15) is 0 Å². The number of esters is 2. The summed E-state index contributed by atoms with van der Waals surface area (Å²) in [5.74, 6) is -1.17. The maximum atomic E-state index is 14.8. The first-order valence-electron chi connectivity index (χ1n) is 29.7. The summed E-state index contributed by atoms with van der Waals surface area (Å²) in [4.78, 5) is 29.6. The predicted octanol–water partition coefficient (Wildman–Crippen LogP) is 11.5. The van der Waals surface area contributed by atoms with Crippen LogP contribution >= 0.6 is 0 Å². The van der Waals surface area contributed by atoms with Crippen LogP contribution in [0.25, 0.3) is 0 Å². The van der Waals surface area contributed by atoms with Crippen LogP contribution < -0.4 is 28.4 Å². The van der Waals surface area contributed by atoms with E-state index in [0.29, 0.717) is 0 Å². The first-order chi connectivity index (χ1) is 44.2. The van der Waals surface area contributed by atoms with E-state index in [-0.39, 0.29) is 85.3 Å². The van der Waals surface area contributed by atoms with Crippen LogP contribution in [-0.4, -0.2) is 115 Å². The highest BCUT2D eigenvalue weighted by Crippen LogP contribution is 2.45. The lowest BCUT2D eigenvalue weighted by molar-refractivity contribution is -0.308. The topological polar surface area (TPSA) is 182 Å². The van der Waals surface area contributed by atoms with Crippen LogP contribution in [0.1, 0.15) is 54.1 Å². The van der Waals surface area contributed by atoms with Crippen molar-refractivity contribution in [3.8, 4) is 34.5 Å². The molecule has 8 aromatic rings. The van der Waals surface area contributed by atoms with Crippen molar-refractivity contribution in [1.82, 2.24) is 0 Å². The van der Waals surface area contributed by atoms with Gasteiger partial charge in [0.25, 0.3) is 0 Å². The average molecular weight is 1230 g/mol. The van der Waals surface area contributed by atoms with Gasteiger partial charge < -0.3 is 75.8 Å². The second-order valence-electron chi connectivity index (χ2n) is 21.5. The van der Waals surface area contributed by atoms with Crippen molar-refractivity contribution in [2.45, 2.75) is 101 Å². The molecular formula is C72H72O18. The maximum absolute atomic E-state index is 14.8. The molecule has 0 radical (unpaired) electrons. The van der Waals surface area contributed by atoms with E-state index in [1.165, 1.54) is 52.7 Å². The summed E-state index contributed by atoms with van der Waals surface area (Å²) >= 11 is 0. The minimum absolute atomic E-state index is 0.0312. The normalized spacial score (nSPS) is 22.5. The fourth-order valence-corrected chi connectivity index (χ4v) is 10.9. The fourth-order valence-electron chi connectivity index (χ4n) is 10.9. The number of carbonyl (C=O) groups excluding carboxylic acids is 2.